The van der Waals surface area contributed by atoms with Crippen LogP contribution in [0, 0.1) is 11.6 Å². The van der Waals surface area contributed by atoms with Crippen LogP contribution in [0.5, 0.6) is 0 Å². The fourth-order valence-corrected chi connectivity index (χ4v) is 2.02. The summed E-state index contributed by atoms with van der Waals surface area (Å²) in [5, 5.41) is 9.05. The Morgan fingerprint density at radius 3 is 2.40 bits per heavy atom. The van der Waals surface area contributed by atoms with E-state index in [1.807, 2.05) is 0 Å². The lowest BCUT2D eigenvalue weighted by Gasteiger charge is -2.13. The Labute approximate surface area is 114 Å². The van der Waals surface area contributed by atoms with E-state index in [9.17, 15) is 13.6 Å². The van der Waals surface area contributed by atoms with E-state index in [-0.39, 0.29) is 17.7 Å². The Morgan fingerprint density at radius 2 is 1.85 bits per heavy atom. The molecular formula is C15H13F2NO2. The van der Waals surface area contributed by atoms with Crippen LogP contribution >= 0.6 is 0 Å². The topological polar surface area (TPSA) is 63.3 Å². The van der Waals surface area contributed by atoms with Gasteiger partial charge < -0.3 is 10.8 Å². The lowest BCUT2D eigenvalue weighted by Crippen LogP contribution is -2.21. The molecule has 0 bridgehead atoms. The van der Waals surface area contributed by atoms with Crippen LogP contribution < -0.4 is 5.73 Å². The van der Waals surface area contributed by atoms with Gasteiger partial charge in [-0.3, -0.25) is 4.79 Å². The van der Waals surface area contributed by atoms with Crippen LogP contribution in [-0.2, 0) is 4.79 Å². The quantitative estimate of drug-likeness (QED) is 0.903. The van der Waals surface area contributed by atoms with E-state index in [1.165, 1.54) is 6.07 Å². The van der Waals surface area contributed by atoms with Gasteiger partial charge in [0, 0.05) is 12.1 Å². The van der Waals surface area contributed by atoms with Crippen molar-refractivity contribution in [1.82, 2.24) is 0 Å². The first kappa shape index (κ1) is 14.1. The molecule has 0 amide bonds. The molecule has 0 saturated heterocycles. The highest BCUT2D eigenvalue weighted by atomic mass is 19.2. The van der Waals surface area contributed by atoms with Gasteiger partial charge in [0.2, 0.25) is 0 Å². The number of carbonyl (C=O) groups is 1. The lowest BCUT2D eigenvalue weighted by atomic mass is 9.94. The molecule has 2 rings (SSSR count). The van der Waals surface area contributed by atoms with E-state index in [4.69, 9.17) is 10.8 Å². The second-order valence-corrected chi connectivity index (χ2v) is 4.36. The monoisotopic (exact) mass is 277 g/mol. The van der Waals surface area contributed by atoms with Crippen molar-refractivity contribution in [2.24, 2.45) is 5.73 Å². The molecule has 0 fully saturated rings. The van der Waals surface area contributed by atoms with E-state index < -0.39 is 23.5 Å². The highest BCUT2D eigenvalue weighted by molar-refractivity contribution is 5.77. The average Bonchev–Trinajstić information content (AvgIpc) is 2.43. The van der Waals surface area contributed by atoms with Gasteiger partial charge in [-0.05, 0) is 23.3 Å². The third-order valence-corrected chi connectivity index (χ3v) is 3.07. The highest BCUT2D eigenvalue weighted by Gasteiger charge is 2.22. The van der Waals surface area contributed by atoms with Gasteiger partial charge in [0.1, 0.15) is 0 Å². The minimum Gasteiger partial charge on any atom is -0.481 e. The molecule has 1 atom stereocenters. The van der Waals surface area contributed by atoms with Gasteiger partial charge in [-0.25, -0.2) is 8.78 Å². The number of benzene rings is 2. The number of hydrogen-bond donors (Lipinski definition) is 2. The van der Waals surface area contributed by atoms with Crippen LogP contribution in [0.15, 0.2) is 42.5 Å². The number of halogens is 2. The molecule has 1 unspecified atom stereocenters. The van der Waals surface area contributed by atoms with Crippen LogP contribution in [0.1, 0.15) is 11.5 Å². The van der Waals surface area contributed by atoms with Crippen molar-refractivity contribution in [3.63, 3.8) is 0 Å². The second-order valence-electron chi connectivity index (χ2n) is 4.36. The molecule has 20 heavy (non-hydrogen) atoms. The van der Waals surface area contributed by atoms with Gasteiger partial charge >= 0.3 is 5.97 Å². The summed E-state index contributed by atoms with van der Waals surface area (Å²) < 4.78 is 27.6. The predicted octanol–water partition coefficient (Wildman–Crippen LogP) is 2.76. The molecule has 0 heterocycles. The smallest absolute Gasteiger partial charge is 0.312 e. The van der Waals surface area contributed by atoms with E-state index in [0.29, 0.717) is 5.56 Å². The van der Waals surface area contributed by atoms with Gasteiger partial charge in [0.25, 0.3) is 0 Å². The van der Waals surface area contributed by atoms with Crippen LogP contribution in [0.3, 0.4) is 0 Å². The average molecular weight is 277 g/mol. The number of hydrogen-bond acceptors (Lipinski definition) is 2. The maximum atomic E-state index is 13.9. The molecular weight excluding hydrogens is 264 g/mol. The summed E-state index contributed by atoms with van der Waals surface area (Å²) in [5.74, 6) is -4.31. The van der Waals surface area contributed by atoms with Crippen molar-refractivity contribution in [2.45, 2.75) is 5.92 Å². The summed E-state index contributed by atoms with van der Waals surface area (Å²) in [4.78, 5) is 11.1. The van der Waals surface area contributed by atoms with Crippen LogP contribution in [0.4, 0.5) is 8.78 Å². The SMILES string of the molecule is NCC(C(=O)O)c1cc(F)c(F)c(-c2ccccc2)c1. The summed E-state index contributed by atoms with van der Waals surface area (Å²) in [5.41, 5.74) is 6.04. The number of carboxylic acid groups (broad SMARTS) is 1. The van der Waals surface area contributed by atoms with E-state index in [1.54, 1.807) is 30.3 Å². The Bertz CT molecular complexity index is 629. The van der Waals surface area contributed by atoms with Crippen molar-refractivity contribution in [3.05, 3.63) is 59.7 Å². The Balaban J connectivity index is 2.59. The van der Waals surface area contributed by atoms with Crippen molar-refractivity contribution in [3.8, 4) is 11.1 Å². The molecule has 0 aliphatic carbocycles. The minimum absolute atomic E-state index is 0.0281. The van der Waals surface area contributed by atoms with Gasteiger partial charge in [-0.1, -0.05) is 30.3 Å². The standard InChI is InChI=1S/C15H13F2NO2/c16-13-7-10(12(8-18)15(19)20)6-11(14(13)17)9-4-2-1-3-5-9/h1-7,12H,8,18H2,(H,19,20). The van der Waals surface area contributed by atoms with Gasteiger partial charge in [0.15, 0.2) is 11.6 Å². The first-order chi connectivity index (χ1) is 9.54. The molecule has 0 aliphatic heterocycles. The van der Waals surface area contributed by atoms with Crippen molar-refractivity contribution < 1.29 is 18.7 Å². The molecule has 0 radical (unpaired) electrons. The third kappa shape index (κ3) is 2.67. The van der Waals surface area contributed by atoms with Crippen LogP contribution in [-0.4, -0.2) is 17.6 Å². The highest BCUT2D eigenvalue weighted by Crippen LogP contribution is 2.29. The zero-order valence-electron chi connectivity index (χ0n) is 10.5. The normalized spacial score (nSPS) is 12.2. The molecule has 104 valence electrons. The molecule has 0 saturated carbocycles. The maximum absolute atomic E-state index is 13.9. The summed E-state index contributed by atoms with van der Waals surface area (Å²) >= 11 is 0. The summed E-state index contributed by atoms with van der Waals surface area (Å²) in [6.45, 7) is -0.186. The zero-order valence-corrected chi connectivity index (χ0v) is 10.5. The summed E-state index contributed by atoms with van der Waals surface area (Å²) in [7, 11) is 0. The van der Waals surface area contributed by atoms with Crippen LogP contribution in [0.25, 0.3) is 11.1 Å². The predicted molar refractivity (Wildman–Crippen MR) is 71.2 cm³/mol. The second kappa shape index (κ2) is 5.79. The fourth-order valence-electron chi connectivity index (χ4n) is 2.02. The minimum atomic E-state index is -1.17. The largest absolute Gasteiger partial charge is 0.481 e. The maximum Gasteiger partial charge on any atom is 0.312 e. The first-order valence-corrected chi connectivity index (χ1v) is 6.01. The number of rotatable bonds is 4. The lowest BCUT2D eigenvalue weighted by molar-refractivity contribution is -0.138. The van der Waals surface area contributed by atoms with Gasteiger partial charge in [0.05, 0.1) is 5.92 Å². The zero-order chi connectivity index (χ0) is 14.7. The van der Waals surface area contributed by atoms with E-state index in [2.05, 4.69) is 0 Å². The van der Waals surface area contributed by atoms with Gasteiger partial charge in [-0.2, -0.15) is 0 Å². The van der Waals surface area contributed by atoms with Crippen molar-refractivity contribution in [1.29, 1.82) is 0 Å². The molecule has 2 aromatic carbocycles. The van der Waals surface area contributed by atoms with E-state index in [0.717, 1.165) is 6.07 Å². The van der Waals surface area contributed by atoms with Crippen molar-refractivity contribution >= 4 is 5.97 Å². The molecule has 0 aromatic heterocycles. The van der Waals surface area contributed by atoms with Crippen LogP contribution in [0.2, 0.25) is 0 Å². The molecule has 0 aliphatic rings. The van der Waals surface area contributed by atoms with Gasteiger partial charge in [-0.15, -0.1) is 0 Å². The number of nitrogens with two attached hydrogens (primary N) is 1. The molecule has 3 N–H and O–H groups in total. The van der Waals surface area contributed by atoms with Crippen molar-refractivity contribution in [2.75, 3.05) is 6.54 Å². The Kier molecular flexibility index (Phi) is 4.10. The Morgan fingerprint density at radius 1 is 1.20 bits per heavy atom. The number of carboxylic acids is 1. The Hall–Kier alpha value is -2.27. The molecule has 2 aromatic rings. The first-order valence-electron chi connectivity index (χ1n) is 6.01. The number of aliphatic carboxylic acids is 1. The molecule has 5 heteroatoms. The third-order valence-electron chi connectivity index (χ3n) is 3.07. The molecule has 0 spiro atoms. The fraction of sp³-hybridized carbons (Fsp3) is 0.133. The summed E-state index contributed by atoms with van der Waals surface area (Å²) in [6, 6.07) is 10.6. The molecule has 3 nitrogen and oxygen atoms in total. The summed E-state index contributed by atoms with van der Waals surface area (Å²) in [6.07, 6.45) is 0. The van der Waals surface area contributed by atoms with E-state index >= 15 is 0 Å².